The molecular formula is C22H19F3N4O5. The first-order valence-corrected chi connectivity index (χ1v) is 10.2. The fourth-order valence-electron chi connectivity index (χ4n) is 3.84. The lowest BCUT2D eigenvalue weighted by atomic mass is 10.1. The van der Waals surface area contributed by atoms with E-state index in [1.165, 1.54) is 36.5 Å². The second kappa shape index (κ2) is 9.14. The zero-order chi connectivity index (χ0) is 24.5. The molecule has 1 aliphatic rings. The first-order valence-electron chi connectivity index (χ1n) is 10.2. The third-order valence-corrected chi connectivity index (χ3v) is 5.40. The number of nitro groups is 1. The molecule has 0 atom stereocenters. The van der Waals surface area contributed by atoms with Gasteiger partial charge in [0, 0.05) is 36.0 Å². The smallest absolute Gasteiger partial charge is 0.418 e. The molecule has 3 aromatic rings. The number of alkyl halides is 3. The van der Waals surface area contributed by atoms with Crippen molar-refractivity contribution >= 4 is 39.6 Å². The van der Waals surface area contributed by atoms with E-state index in [0.717, 1.165) is 13.2 Å². The average Bonchev–Trinajstić information content (AvgIpc) is 2.82. The van der Waals surface area contributed by atoms with Crippen LogP contribution in [0.1, 0.15) is 15.9 Å². The summed E-state index contributed by atoms with van der Waals surface area (Å²) in [5, 5.41) is 14.9. The number of carbonyl (C=O) groups is 1. The maximum absolute atomic E-state index is 13.5. The van der Waals surface area contributed by atoms with Crippen LogP contribution in [0.25, 0.3) is 10.9 Å². The number of carbonyl (C=O) groups excluding carboxylic acids is 1. The van der Waals surface area contributed by atoms with Gasteiger partial charge in [0.15, 0.2) is 0 Å². The van der Waals surface area contributed by atoms with E-state index in [1.54, 1.807) is 0 Å². The number of nitrogens with zero attached hydrogens (tertiary/aromatic N) is 3. The van der Waals surface area contributed by atoms with Gasteiger partial charge in [-0.3, -0.25) is 15.1 Å². The number of nitrogens with one attached hydrogen (secondary N) is 1. The Morgan fingerprint density at radius 3 is 2.59 bits per heavy atom. The highest BCUT2D eigenvalue weighted by Gasteiger charge is 2.34. The molecule has 1 N–H and O–H groups in total. The van der Waals surface area contributed by atoms with Crippen LogP contribution in [0.15, 0.2) is 42.6 Å². The van der Waals surface area contributed by atoms with Crippen molar-refractivity contribution in [3.63, 3.8) is 0 Å². The quantitative estimate of drug-likeness (QED) is 0.325. The predicted molar refractivity (Wildman–Crippen MR) is 117 cm³/mol. The number of rotatable bonds is 5. The van der Waals surface area contributed by atoms with Crippen molar-refractivity contribution in [3.8, 4) is 0 Å². The predicted octanol–water partition coefficient (Wildman–Crippen LogP) is 4.53. The number of anilines is 3. The van der Waals surface area contributed by atoms with E-state index in [4.69, 9.17) is 9.47 Å². The summed E-state index contributed by atoms with van der Waals surface area (Å²) in [7, 11) is 1.11. The standard InChI is InChI=1S/C22H19F3N4O5/c1-33-21(30)15-11-13(28-7-9-34-10-8-28)12-18(20(15)29(31)32)27-17-5-6-26-19-14(17)3-2-4-16(19)22(23,24)25/h2-6,11-12H,7-10H2,1H3,(H,26,27). The van der Waals surface area contributed by atoms with Gasteiger partial charge in [-0.2, -0.15) is 13.2 Å². The van der Waals surface area contributed by atoms with E-state index < -0.39 is 28.3 Å². The fourth-order valence-corrected chi connectivity index (χ4v) is 3.84. The molecular weight excluding hydrogens is 457 g/mol. The summed E-state index contributed by atoms with van der Waals surface area (Å²) < 4.78 is 50.5. The van der Waals surface area contributed by atoms with Crippen LogP contribution >= 0.6 is 0 Å². The second-order valence-corrected chi connectivity index (χ2v) is 7.42. The minimum atomic E-state index is -4.63. The van der Waals surface area contributed by atoms with Crippen molar-refractivity contribution in [2.75, 3.05) is 43.6 Å². The second-order valence-electron chi connectivity index (χ2n) is 7.42. The summed E-state index contributed by atoms with van der Waals surface area (Å²) in [6.07, 6.45) is -3.45. The van der Waals surface area contributed by atoms with Crippen molar-refractivity contribution in [2.24, 2.45) is 0 Å². The maximum atomic E-state index is 13.5. The SMILES string of the molecule is COC(=O)c1cc(N2CCOCC2)cc(Nc2ccnc3c(C(F)(F)F)cccc23)c1[N+](=O)[O-]. The zero-order valence-corrected chi connectivity index (χ0v) is 17.9. The van der Waals surface area contributed by atoms with Gasteiger partial charge in [-0.05, 0) is 24.3 Å². The van der Waals surface area contributed by atoms with Gasteiger partial charge in [0.25, 0.3) is 0 Å². The molecule has 12 heteroatoms. The number of esters is 1. The summed E-state index contributed by atoms with van der Waals surface area (Å²) in [6.45, 7) is 1.85. The zero-order valence-electron chi connectivity index (χ0n) is 17.9. The van der Waals surface area contributed by atoms with Crippen LogP contribution in [0.4, 0.5) is 35.9 Å². The Labute approximate surface area is 191 Å². The van der Waals surface area contributed by atoms with E-state index in [-0.39, 0.29) is 27.8 Å². The van der Waals surface area contributed by atoms with E-state index in [2.05, 4.69) is 10.3 Å². The molecule has 0 amide bonds. The van der Waals surface area contributed by atoms with E-state index in [9.17, 15) is 28.1 Å². The third-order valence-electron chi connectivity index (χ3n) is 5.40. The number of hydrogen-bond donors (Lipinski definition) is 1. The number of ether oxygens (including phenoxy) is 2. The van der Waals surface area contributed by atoms with Gasteiger partial charge in [0.05, 0.1) is 36.3 Å². The Hall–Kier alpha value is -3.93. The van der Waals surface area contributed by atoms with Crippen LogP contribution in [0.5, 0.6) is 0 Å². The van der Waals surface area contributed by atoms with Crippen LogP contribution in [-0.4, -0.2) is 49.3 Å². The van der Waals surface area contributed by atoms with Gasteiger partial charge in [0.1, 0.15) is 11.3 Å². The number of aromatic nitrogens is 1. The Bertz CT molecular complexity index is 1260. The first kappa shape index (κ1) is 23.2. The van der Waals surface area contributed by atoms with Gasteiger partial charge in [-0.15, -0.1) is 0 Å². The number of fused-ring (bicyclic) bond motifs is 1. The van der Waals surface area contributed by atoms with Gasteiger partial charge in [-0.25, -0.2) is 4.79 Å². The third kappa shape index (κ3) is 4.44. The monoisotopic (exact) mass is 476 g/mol. The van der Waals surface area contributed by atoms with Crippen LogP contribution in [0.3, 0.4) is 0 Å². The Kier molecular flexibility index (Phi) is 6.24. The highest BCUT2D eigenvalue weighted by molar-refractivity contribution is 6.01. The fraction of sp³-hybridized carbons (Fsp3) is 0.273. The van der Waals surface area contributed by atoms with Crippen molar-refractivity contribution in [2.45, 2.75) is 6.18 Å². The van der Waals surface area contributed by atoms with Crippen LogP contribution in [-0.2, 0) is 15.7 Å². The van der Waals surface area contributed by atoms with Crippen molar-refractivity contribution in [1.82, 2.24) is 4.98 Å². The molecule has 2 aromatic carbocycles. The molecule has 0 saturated carbocycles. The number of nitro benzene ring substituents is 1. The number of morpholine rings is 1. The molecule has 0 bridgehead atoms. The topological polar surface area (TPSA) is 107 Å². The summed E-state index contributed by atoms with van der Waals surface area (Å²) in [5.74, 6) is -0.913. The highest BCUT2D eigenvalue weighted by Crippen LogP contribution is 2.40. The number of para-hydroxylation sites is 1. The van der Waals surface area contributed by atoms with E-state index in [0.29, 0.717) is 32.0 Å². The van der Waals surface area contributed by atoms with Crippen molar-refractivity contribution in [3.05, 3.63) is 63.8 Å². The lowest BCUT2D eigenvalue weighted by molar-refractivity contribution is -0.384. The molecule has 0 spiro atoms. The maximum Gasteiger partial charge on any atom is 0.418 e. The van der Waals surface area contributed by atoms with Crippen molar-refractivity contribution in [1.29, 1.82) is 0 Å². The number of hydrogen-bond acceptors (Lipinski definition) is 8. The van der Waals surface area contributed by atoms with Crippen LogP contribution in [0.2, 0.25) is 0 Å². The Morgan fingerprint density at radius 2 is 1.94 bits per heavy atom. The van der Waals surface area contributed by atoms with Gasteiger partial charge in [-0.1, -0.05) is 12.1 Å². The number of methoxy groups -OCH3 is 1. The summed E-state index contributed by atoms with van der Waals surface area (Å²) in [5.41, 5.74) is -1.48. The number of pyridine rings is 1. The highest BCUT2D eigenvalue weighted by atomic mass is 19.4. The molecule has 1 fully saturated rings. The lowest BCUT2D eigenvalue weighted by Crippen LogP contribution is -2.36. The van der Waals surface area contributed by atoms with E-state index in [1.807, 2.05) is 4.90 Å². The largest absolute Gasteiger partial charge is 0.465 e. The molecule has 178 valence electrons. The Morgan fingerprint density at radius 1 is 1.21 bits per heavy atom. The van der Waals surface area contributed by atoms with E-state index >= 15 is 0 Å². The summed E-state index contributed by atoms with van der Waals surface area (Å²) >= 11 is 0. The minimum Gasteiger partial charge on any atom is -0.465 e. The normalized spacial score (nSPS) is 14.2. The first-order chi connectivity index (χ1) is 16.2. The molecule has 2 heterocycles. The van der Waals surface area contributed by atoms with Gasteiger partial charge < -0.3 is 19.7 Å². The number of benzene rings is 2. The summed E-state index contributed by atoms with van der Waals surface area (Å²) in [6, 6.07) is 7.83. The number of halogens is 3. The molecule has 1 aromatic heterocycles. The minimum absolute atomic E-state index is 0.0701. The molecule has 1 saturated heterocycles. The molecule has 4 rings (SSSR count). The molecule has 9 nitrogen and oxygen atoms in total. The summed E-state index contributed by atoms with van der Waals surface area (Å²) in [4.78, 5) is 29.4. The van der Waals surface area contributed by atoms with Crippen molar-refractivity contribution < 1.29 is 32.4 Å². The van der Waals surface area contributed by atoms with Crippen LogP contribution in [0, 0.1) is 10.1 Å². The van der Waals surface area contributed by atoms with Gasteiger partial charge in [0.2, 0.25) is 0 Å². The van der Waals surface area contributed by atoms with Crippen LogP contribution < -0.4 is 10.2 Å². The average molecular weight is 476 g/mol. The molecule has 34 heavy (non-hydrogen) atoms. The lowest BCUT2D eigenvalue weighted by Gasteiger charge is -2.29. The molecule has 0 aliphatic carbocycles. The molecule has 0 radical (unpaired) electrons. The molecule has 0 unspecified atom stereocenters. The Balaban J connectivity index is 1.89. The molecule has 1 aliphatic heterocycles. The van der Waals surface area contributed by atoms with Gasteiger partial charge >= 0.3 is 17.8 Å².